The van der Waals surface area contributed by atoms with Gasteiger partial charge in [-0.3, -0.25) is 0 Å². The molecule has 0 amide bonds. The fourth-order valence-electron chi connectivity index (χ4n) is 2.35. The van der Waals surface area contributed by atoms with Gasteiger partial charge in [-0.15, -0.1) is 11.8 Å². The van der Waals surface area contributed by atoms with E-state index in [-0.39, 0.29) is 0 Å². The number of anilines is 1. The molecule has 1 heterocycles. The van der Waals surface area contributed by atoms with Crippen molar-refractivity contribution in [1.82, 2.24) is 9.97 Å². The molecular formula is C13H22N4S. The first-order valence-electron chi connectivity index (χ1n) is 6.71. The summed E-state index contributed by atoms with van der Waals surface area (Å²) < 4.78 is 0. The van der Waals surface area contributed by atoms with E-state index in [1.807, 2.05) is 18.7 Å². The molecule has 0 bridgehead atoms. The highest BCUT2D eigenvalue weighted by Crippen LogP contribution is 2.32. The summed E-state index contributed by atoms with van der Waals surface area (Å²) in [4.78, 5) is 9.01. The van der Waals surface area contributed by atoms with Crippen molar-refractivity contribution < 1.29 is 0 Å². The minimum atomic E-state index is 0.760. The minimum absolute atomic E-state index is 0.760. The summed E-state index contributed by atoms with van der Waals surface area (Å²) in [5, 5.41) is 1.08. The third-order valence-corrected chi connectivity index (χ3v) is 4.84. The molecule has 0 aromatic carbocycles. The van der Waals surface area contributed by atoms with Crippen molar-refractivity contribution in [3.8, 4) is 0 Å². The van der Waals surface area contributed by atoms with Crippen molar-refractivity contribution in [2.24, 2.45) is 11.8 Å². The van der Waals surface area contributed by atoms with E-state index in [1.165, 1.54) is 31.4 Å². The first-order valence-corrected chi connectivity index (χ1v) is 7.70. The Hall–Kier alpha value is -0.810. The van der Waals surface area contributed by atoms with Gasteiger partial charge in [0.05, 0.1) is 0 Å². The van der Waals surface area contributed by atoms with Crippen LogP contribution in [0, 0.1) is 12.8 Å². The van der Waals surface area contributed by atoms with Crippen LogP contribution in [0.3, 0.4) is 0 Å². The molecule has 0 spiro atoms. The van der Waals surface area contributed by atoms with Crippen LogP contribution in [0.5, 0.6) is 0 Å². The fourth-order valence-corrected chi connectivity index (χ4v) is 3.56. The van der Waals surface area contributed by atoms with Crippen molar-refractivity contribution >= 4 is 17.6 Å². The summed E-state index contributed by atoms with van der Waals surface area (Å²) >= 11 is 1.86. The predicted molar refractivity (Wildman–Crippen MR) is 76.6 cm³/mol. The topological polar surface area (TPSA) is 63.8 Å². The fraction of sp³-hybridized carbons (Fsp3) is 0.692. The lowest BCUT2D eigenvalue weighted by Crippen LogP contribution is -2.13. The predicted octanol–water partition coefficient (Wildman–Crippen LogP) is 2.92. The van der Waals surface area contributed by atoms with Crippen molar-refractivity contribution in [1.29, 1.82) is 0 Å². The molecule has 0 saturated heterocycles. The number of rotatable bonds is 5. The highest BCUT2D eigenvalue weighted by atomic mass is 32.2. The normalized spacial score (nSPS) is 16.2. The smallest absolute Gasteiger partial charge is 0.147 e. The lowest BCUT2D eigenvalue weighted by Gasteiger charge is -2.13. The van der Waals surface area contributed by atoms with E-state index in [2.05, 4.69) is 22.3 Å². The second kappa shape index (κ2) is 6.38. The van der Waals surface area contributed by atoms with Gasteiger partial charge in [0.15, 0.2) is 0 Å². The van der Waals surface area contributed by atoms with Gasteiger partial charge in [-0.2, -0.15) is 0 Å². The average Bonchev–Trinajstić information content (AvgIpc) is 2.90. The van der Waals surface area contributed by atoms with Gasteiger partial charge in [-0.05, 0) is 25.7 Å². The van der Waals surface area contributed by atoms with Gasteiger partial charge >= 0.3 is 0 Å². The molecule has 1 aromatic rings. The molecule has 1 aliphatic rings. The van der Waals surface area contributed by atoms with Crippen LogP contribution in [-0.4, -0.2) is 15.7 Å². The Morgan fingerprint density at radius 2 is 2.06 bits per heavy atom. The SMILES string of the molecule is CCc1nc(NN)c(C)c(SCC2CCCC2)n1. The molecule has 3 N–H and O–H groups in total. The number of aromatic nitrogens is 2. The average molecular weight is 266 g/mol. The molecule has 1 aliphatic carbocycles. The molecular weight excluding hydrogens is 244 g/mol. The van der Waals surface area contributed by atoms with E-state index in [9.17, 15) is 0 Å². The number of aryl methyl sites for hydroxylation is 1. The van der Waals surface area contributed by atoms with Gasteiger partial charge in [0.25, 0.3) is 0 Å². The number of nitrogens with zero attached hydrogens (tertiary/aromatic N) is 2. The Balaban J connectivity index is 2.09. The van der Waals surface area contributed by atoms with Crippen LogP contribution >= 0.6 is 11.8 Å². The number of nitrogens with one attached hydrogen (secondary N) is 1. The number of nitrogens with two attached hydrogens (primary N) is 1. The zero-order chi connectivity index (χ0) is 13.0. The second-order valence-corrected chi connectivity index (χ2v) is 5.89. The maximum absolute atomic E-state index is 5.51. The van der Waals surface area contributed by atoms with Crippen LogP contribution in [-0.2, 0) is 6.42 Å². The Morgan fingerprint density at radius 1 is 1.33 bits per heavy atom. The summed E-state index contributed by atoms with van der Waals surface area (Å²) in [6.07, 6.45) is 6.37. The number of hydrazine groups is 1. The standard InChI is InChI=1S/C13H22N4S/c1-3-11-15-12(17-14)9(2)13(16-11)18-8-10-6-4-5-7-10/h10H,3-8,14H2,1-2H3,(H,15,16,17). The quantitative estimate of drug-likeness (QED) is 0.371. The first-order chi connectivity index (χ1) is 8.74. The zero-order valence-electron chi connectivity index (χ0n) is 11.2. The maximum Gasteiger partial charge on any atom is 0.147 e. The van der Waals surface area contributed by atoms with Gasteiger partial charge in [0.2, 0.25) is 0 Å². The maximum atomic E-state index is 5.51. The van der Waals surface area contributed by atoms with Crippen LogP contribution in [0.1, 0.15) is 44.0 Å². The lowest BCUT2D eigenvalue weighted by molar-refractivity contribution is 0.622. The monoisotopic (exact) mass is 266 g/mol. The van der Waals surface area contributed by atoms with E-state index >= 15 is 0 Å². The Kier molecular flexibility index (Phi) is 4.83. The highest BCUT2D eigenvalue weighted by molar-refractivity contribution is 7.99. The van der Waals surface area contributed by atoms with Crippen molar-refractivity contribution in [2.75, 3.05) is 11.2 Å². The van der Waals surface area contributed by atoms with Crippen LogP contribution in [0.15, 0.2) is 5.03 Å². The molecule has 100 valence electrons. The number of hydrogen-bond acceptors (Lipinski definition) is 5. The number of nitrogen functional groups attached to an aromatic ring is 1. The third-order valence-electron chi connectivity index (χ3n) is 3.53. The van der Waals surface area contributed by atoms with Crippen LogP contribution < -0.4 is 11.3 Å². The summed E-state index contributed by atoms with van der Waals surface area (Å²) in [7, 11) is 0. The van der Waals surface area contributed by atoms with Crippen molar-refractivity contribution in [3.63, 3.8) is 0 Å². The first kappa shape index (κ1) is 13.6. The van der Waals surface area contributed by atoms with E-state index in [0.717, 1.165) is 34.6 Å². The molecule has 0 atom stereocenters. The van der Waals surface area contributed by atoms with Crippen LogP contribution in [0.4, 0.5) is 5.82 Å². The van der Waals surface area contributed by atoms with E-state index < -0.39 is 0 Å². The van der Waals surface area contributed by atoms with Gasteiger partial charge < -0.3 is 5.43 Å². The zero-order valence-corrected chi connectivity index (χ0v) is 12.0. The number of hydrogen-bond donors (Lipinski definition) is 2. The molecule has 2 rings (SSSR count). The second-order valence-electron chi connectivity index (χ2n) is 4.88. The molecule has 4 nitrogen and oxygen atoms in total. The Labute approximate surface area is 113 Å². The largest absolute Gasteiger partial charge is 0.308 e. The lowest BCUT2D eigenvalue weighted by atomic mass is 10.1. The molecule has 0 radical (unpaired) electrons. The van der Waals surface area contributed by atoms with E-state index in [0.29, 0.717) is 0 Å². The molecule has 5 heteroatoms. The Bertz CT molecular complexity index is 402. The van der Waals surface area contributed by atoms with Gasteiger partial charge in [0, 0.05) is 17.7 Å². The number of thioether (sulfide) groups is 1. The van der Waals surface area contributed by atoms with E-state index in [1.54, 1.807) is 0 Å². The Morgan fingerprint density at radius 3 is 2.67 bits per heavy atom. The highest BCUT2D eigenvalue weighted by Gasteiger charge is 2.17. The van der Waals surface area contributed by atoms with Gasteiger partial charge in [-0.1, -0.05) is 19.8 Å². The summed E-state index contributed by atoms with van der Waals surface area (Å²) in [5.41, 5.74) is 3.74. The van der Waals surface area contributed by atoms with Gasteiger partial charge in [-0.25, -0.2) is 15.8 Å². The molecule has 1 fully saturated rings. The molecule has 1 aromatic heterocycles. The van der Waals surface area contributed by atoms with Crippen LogP contribution in [0.2, 0.25) is 0 Å². The van der Waals surface area contributed by atoms with Crippen molar-refractivity contribution in [2.45, 2.75) is 51.0 Å². The third kappa shape index (κ3) is 3.14. The molecule has 0 unspecified atom stereocenters. The molecule has 1 saturated carbocycles. The summed E-state index contributed by atoms with van der Waals surface area (Å²) in [6, 6.07) is 0. The summed E-state index contributed by atoms with van der Waals surface area (Å²) in [5.74, 6) is 9.17. The summed E-state index contributed by atoms with van der Waals surface area (Å²) in [6.45, 7) is 4.10. The minimum Gasteiger partial charge on any atom is -0.308 e. The molecule has 18 heavy (non-hydrogen) atoms. The van der Waals surface area contributed by atoms with Gasteiger partial charge in [0.1, 0.15) is 16.7 Å². The van der Waals surface area contributed by atoms with E-state index in [4.69, 9.17) is 5.84 Å². The van der Waals surface area contributed by atoms with Crippen molar-refractivity contribution in [3.05, 3.63) is 11.4 Å². The van der Waals surface area contributed by atoms with Crippen LogP contribution in [0.25, 0.3) is 0 Å². The molecule has 0 aliphatic heterocycles.